The molecule has 26 heavy (non-hydrogen) atoms. The van der Waals surface area contributed by atoms with Gasteiger partial charge in [-0.1, -0.05) is 19.1 Å². The van der Waals surface area contributed by atoms with Crippen LogP contribution in [0.5, 0.6) is 11.8 Å². The normalized spacial score (nSPS) is 11.6. The Kier molecular flexibility index (Phi) is 5.53. The summed E-state index contributed by atoms with van der Waals surface area (Å²) in [6, 6.07) is 15.2. The molecule has 0 aliphatic rings. The van der Waals surface area contributed by atoms with Crippen molar-refractivity contribution in [1.29, 1.82) is 0 Å². The summed E-state index contributed by atoms with van der Waals surface area (Å²) in [6.07, 6.45) is 3.66. The molecule has 0 aliphatic heterocycles. The van der Waals surface area contributed by atoms with E-state index in [1.54, 1.807) is 48.8 Å². The molecule has 6 heteroatoms. The minimum Gasteiger partial charge on any atom is -0.424 e. The van der Waals surface area contributed by atoms with Crippen LogP contribution in [0.3, 0.4) is 0 Å². The molecule has 5 nitrogen and oxygen atoms in total. The first kappa shape index (κ1) is 17.5. The van der Waals surface area contributed by atoms with E-state index in [0.717, 1.165) is 5.56 Å². The molecule has 1 unspecified atom stereocenters. The second-order valence-electron chi connectivity index (χ2n) is 5.88. The third-order valence-corrected chi connectivity index (χ3v) is 3.75. The molecule has 0 saturated carbocycles. The van der Waals surface area contributed by atoms with Gasteiger partial charge in [0.05, 0.1) is 0 Å². The number of anilines is 1. The Bertz CT molecular complexity index is 870. The van der Waals surface area contributed by atoms with Crippen molar-refractivity contribution in [3.8, 4) is 11.8 Å². The van der Waals surface area contributed by atoms with E-state index in [-0.39, 0.29) is 23.7 Å². The van der Waals surface area contributed by atoms with Crippen molar-refractivity contribution in [1.82, 2.24) is 9.97 Å². The molecule has 0 spiro atoms. The Morgan fingerprint density at radius 3 is 2.54 bits per heavy atom. The van der Waals surface area contributed by atoms with Crippen molar-refractivity contribution in [2.75, 3.05) is 5.32 Å². The second-order valence-corrected chi connectivity index (χ2v) is 5.88. The third kappa shape index (κ3) is 4.86. The highest BCUT2D eigenvalue weighted by atomic mass is 19.1. The highest BCUT2D eigenvalue weighted by Gasteiger charge is 2.14. The molecule has 2 aromatic carbocycles. The highest BCUT2D eigenvalue weighted by molar-refractivity contribution is 5.92. The first-order chi connectivity index (χ1) is 12.6. The monoisotopic (exact) mass is 351 g/mol. The number of rotatable bonds is 6. The van der Waals surface area contributed by atoms with E-state index in [9.17, 15) is 9.18 Å². The highest BCUT2D eigenvalue weighted by Crippen LogP contribution is 2.20. The van der Waals surface area contributed by atoms with Gasteiger partial charge in [-0.3, -0.25) is 4.79 Å². The number of benzene rings is 2. The van der Waals surface area contributed by atoms with Crippen molar-refractivity contribution < 1.29 is 13.9 Å². The van der Waals surface area contributed by atoms with Gasteiger partial charge in [0.2, 0.25) is 5.91 Å². The smallest absolute Gasteiger partial charge is 0.321 e. The maximum atomic E-state index is 13.2. The van der Waals surface area contributed by atoms with Crippen LogP contribution >= 0.6 is 0 Å². The molecular weight excluding hydrogens is 333 g/mol. The SMILES string of the molecule is CC(Cc1cccc(F)c1)C(=O)Nc1ccc(Oc2ncccn2)cc1. The van der Waals surface area contributed by atoms with Crippen LogP contribution in [0.4, 0.5) is 10.1 Å². The molecule has 1 N–H and O–H groups in total. The number of nitrogens with one attached hydrogen (secondary N) is 1. The number of hydrogen-bond donors (Lipinski definition) is 1. The average molecular weight is 351 g/mol. The van der Waals surface area contributed by atoms with Gasteiger partial charge in [0.25, 0.3) is 0 Å². The van der Waals surface area contributed by atoms with Gasteiger partial charge >= 0.3 is 6.01 Å². The van der Waals surface area contributed by atoms with E-state index in [2.05, 4.69) is 15.3 Å². The summed E-state index contributed by atoms with van der Waals surface area (Å²) in [6.45, 7) is 1.81. The zero-order chi connectivity index (χ0) is 18.4. The number of nitrogens with zero attached hydrogens (tertiary/aromatic N) is 2. The number of carbonyl (C=O) groups excluding carboxylic acids is 1. The molecule has 0 bridgehead atoms. The van der Waals surface area contributed by atoms with Crippen LogP contribution in [0, 0.1) is 11.7 Å². The molecule has 1 amide bonds. The minimum absolute atomic E-state index is 0.130. The summed E-state index contributed by atoms with van der Waals surface area (Å²) in [5, 5.41) is 2.85. The standard InChI is InChI=1S/C20H18FN3O2/c1-14(12-15-4-2-5-16(21)13-15)19(25)24-17-6-8-18(9-7-17)26-20-22-10-3-11-23-20/h2-11,13-14H,12H2,1H3,(H,24,25). The summed E-state index contributed by atoms with van der Waals surface area (Å²) >= 11 is 0. The lowest BCUT2D eigenvalue weighted by Gasteiger charge is -2.13. The van der Waals surface area contributed by atoms with Crippen molar-refractivity contribution >= 4 is 11.6 Å². The van der Waals surface area contributed by atoms with Crippen LogP contribution in [0.2, 0.25) is 0 Å². The maximum Gasteiger partial charge on any atom is 0.321 e. The molecule has 0 fully saturated rings. The largest absolute Gasteiger partial charge is 0.424 e. The summed E-state index contributed by atoms with van der Waals surface area (Å²) < 4.78 is 18.7. The summed E-state index contributed by atoms with van der Waals surface area (Å²) in [5.74, 6) is -0.144. The van der Waals surface area contributed by atoms with Gasteiger partial charge in [0.1, 0.15) is 11.6 Å². The lowest BCUT2D eigenvalue weighted by atomic mass is 10.0. The quantitative estimate of drug-likeness (QED) is 0.722. The fraction of sp³-hybridized carbons (Fsp3) is 0.150. The summed E-state index contributed by atoms with van der Waals surface area (Å²) in [7, 11) is 0. The minimum atomic E-state index is -0.298. The summed E-state index contributed by atoms with van der Waals surface area (Å²) in [5.41, 5.74) is 1.45. The molecule has 0 aliphatic carbocycles. The average Bonchev–Trinajstić information content (AvgIpc) is 2.64. The van der Waals surface area contributed by atoms with E-state index in [0.29, 0.717) is 17.9 Å². The van der Waals surface area contributed by atoms with Crippen molar-refractivity contribution in [3.63, 3.8) is 0 Å². The van der Waals surface area contributed by atoms with Gasteiger partial charge in [-0.25, -0.2) is 14.4 Å². The Morgan fingerprint density at radius 2 is 1.85 bits per heavy atom. The molecule has 0 saturated heterocycles. The second kappa shape index (κ2) is 8.20. The third-order valence-electron chi connectivity index (χ3n) is 3.75. The van der Waals surface area contributed by atoms with Gasteiger partial charge < -0.3 is 10.1 Å². The molecular formula is C20H18FN3O2. The number of halogens is 1. The molecule has 3 rings (SSSR count). The predicted octanol–water partition coefficient (Wildman–Crippen LogP) is 4.23. The van der Waals surface area contributed by atoms with Crippen LogP contribution in [0.1, 0.15) is 12.5 Å². The van der Waals surface area contributed by atoms with Crippen LogP contribution in [0.25, 0.3) is 0 Å². The summed E-state index contributed by atoms with van der Waals surface area (Å²) in [4.78, 5) is 20.3. The topological polar surface area (TPSA) is 64.1 Å². The van der Waals surface area contributed by atoms with Crippen LogP contribution < -0.4 is 10.1 Å². The Morgan fingerprint density at radius 1 is 1.12 bits per heavy atom. The van der Waals surface area contributed by atoms with E-state index in [1.165, 1.54) is 12.1 Å². The molecule has 1 heterocycles. The molecule has 3 aromatic rings. The Labute approximate surface area is 150 Å². The first-order valence-electron chi connectivity index (χ1n) is 8.20. The number of amides is 1. The molecule has 0 radical (unpaired) electrons. The van der Waals surface area contributed by atoms with Gasteiger partial charge in [-0.15, -0.1) is 0 Å². The van der Waals surface area contributed by atoms with Crippen molar-refractivity contribution in [2.24, 2.45) is 5.92 Å². The first-order valence-corrected chi connectivity index (χ1v) is 8.20. The van der Waals surface area contributed by atoms with Gasteiger partial charge in [0, 0.05) is 24.0 Å². The van der Waals surface area contributed by atoms with Crippen LogP contribution in [-0.4, -0.2) is 15.9 Å². The molecule has 1 atom stereocenters. The maximum absolute atomic E-state index is 13.2. The molecule has 132 valence electrons. The zero-order valence-electron chi connectivity index (χ0n) is 14.2. The number of ether oxygens (including phenoxy) is 1. The van der Waals surface area contributed by atoms with Gasteiger partial charge in [0.15, 0.2) is 0 Å². The Hall–Kier alpha value is -3.28. The lowest BCUT2D eigenvalue weighted by molar-refractivity contribution is -0.119. The predicted molar refractivity (Wildman–Crippen MR) is 96.4 cm³/mol. The number of aromatic nitrogens is 2. The van der Waals surface area contributed by atoms with E-state index >= 15 is 0 Å². The Balaban J connectivity index is 1.57. The van der Waals surface area contributed by atoms with E-state index in [4.69, 9.17) is 4.74 Å². The van der Waals surface area contributed by atoms with Crippen molar-refractivity contribution in [3.05, 3.63) is 78.4 Å². The van der Waals surface area contributed by atoms with Crippen molar-refractivity contribution in [2.45, 2.75) is 13.3 Å². The number of carbonyl (C=O) groups is 1. The van der Waals surface area contributed by atoms with E-state index in [1.807, 2.05) is 13.0 Å². The van der Waals surface area contributed by atoms with E-state index < -0.39 is 0 Å². The lowest BCUT2D eigenvalue weighted by Crippen LogP contribution is -2.22. The van der Waals surface area contributed by atoms with Crippen LogP contribution in [0.15, 0.2) is 67.0 Å². The van der Waals surface area contributed by atoms with Gasteiger partial charge in [-0.2, -0.15) is 0 Å². The zero-order valence-corrected chi connectivity index (χ0v) is 14.2. The van der Waals surface area contributed by atoms with Gasteiger partial charge in [-0.05, 0) is 54.4 Å². The molecule has 1 aromatic heterocycles. The fourth-order valence-corrected chi connectivity index (χ4v) is 2.43. The van der Waals surface area contributed by atoms with Crippen LogP contribution in [-0.2, 0) is 11.2 Å². The number of hydrogen-bond acceptors (Lipinski definition) is 4. The fourth-order valence-electron chi connectivity index (χ4n) is 2.43.